The van der Waals surface area contributed by atoms with E-state index < -0.39 is 0 Å². The van der Waals surface area contributed by atoms with E-state index in [9.17, 15) is 4.79 Å². The molecule has 0 aliphatic rings. The quantitative estimate of drug-likeness (QED) is 0.641. The standard InChI is InChI=1S/C18H17N5O/c1-12(24)21-15-7-5-13(6-8-15)17-9-10-20-18(23-17)22-16-4-2-3-14(19)11-16/h2-11H,19H2,1H3,(H,21,24)(H,20,22,23). The van der Waals surface area contributed by atoms with Crippen LogP contribution in [-0.4, -0.2) is 15.9 Å². The SMILES string of the molecule is CC(=O)Nc1ccc(-c2ccnc(Nc3cccc(N)c3)n2)cc1. The van der Waals surface area contributed by atoms with Gasteiger partial charge in [-0.15, -0.1) is 0 Å². The fourth-order valence-corrected chi connectivity index (χ4v) is 2.25. The number of rotatable bonds is 4. The van der Waals surface area contributed by atoms with Gasteiger partial charge >= 0.3 is 0 Å². The first kappa shape index (κ1) is 15.5. The maximum atomic E-state index is 11.1. The first-order chi connectivity index (χ1) is 11.6. The van der Waals surface area contributed by atoms with Crippen molar-refractivity contribution in [1.82, 2.24) is 9.97 Å². The summed E-state index contributed by atoms with van der Waals surface area (Å²) >= 11 is 0. The lowest BCUT2D eigenvalue weighted by molar-refractivity contribution is -0.114. The van der Waals surface area contributed by atoms with Crippen LogP contribution in [0.3, 0.4) is 0 Å². The van der Waals surface area contributed by atoms with Gasteiger partial charge in [-0.3, -0.25) is 4.79 Å². The molecule has 0 radical (unpaired) electrons. The fraction of sp³-hybridized carbons (Fsp3) is 0.0556. The third-order valence-corrected chi connectivity index (χ3v) is 3.30. The molecule has 1 aromatic heterocycles. The number of benzene rings is 2. The second kappa shape index (κ2) is 6.78. The van der Waals surface area contributed by atoms with Crippen molar-refractivity contribution in [3.8, 4) is 11.3 Å². The second-order valence-corrected chi connectivity index (χ2v) is 5.27. The molecule has 0 atom stereocenters. The molecule has 3 aromatic rings. The van der Waals surface area contributed by atoms with E-state index in [1.807, 2.05) is 54.6 Å². The van der Waals surface area contributed by atoms with Gasteiger partial charge < -0.3 is 16.4 Å². The second-order valence-electron chi connectivity index (χ2n) is 5.27. The van der Waals surface area contributed by atoms with E-state index in [-0.39, 0.29) is 5.91 Å². The number of nitrogens with one attached hydrogen (secondary N) is 2. The first-order valence-electron chi connectivity index (χ1n) is 7.44. The monoisotopic (exact) mass is 319 g/mol. The van der Waals surface area contributed by atoms with Gasteiger partial charge in [0.2, 0.25) is 11.9 Å². The molecule has 0 spiro atoms. The molecule has 120 valence electrons. The van der Waals surface area contributed by atoms with E-state index in [2.05, 4.69) is 20.6 Å². The number of hydrogen-bond acceptors (Lipinski definition) is 5. The van der Waals surface area contributed by atoms with Gasteiger partial charge in [-0.1, -0.05) is 18.2 Å². The Labute approximate surface area is 139 Å². The molecule has 1 heterocycles. The van der Waals surface area contributed by atoms with E-state index in [0.717, 1.165) is 22.6 Å². The van der Waals surface area contributed by atoms with Crippen LogP contribution in [0, 0.1) is 0 Å². The van der Waals surface area contributed by atoms with Crippen LogP contribution in [0.5, 0.6) is 0 Å². The Morgan fingerprint density at radius 3 is 2.54 bits per heavy atom. The lowest BCUT2D eigenvalue weighted by atomic mass is 10.1. The number of nitrogen functional groups attached to an aromatic ring is 1. The van der Waals surface area contributed by atoms with Gasteiger partial charge in [0, 0.05) is 35.7 Å². The van der Waals surface area contributed by atoms with Crippen LogP contribution in [0.15, 0.2) is 60.8 Å². The molecule has 0 saturated heterocycles. The summed E-state index contributed by atoms with van der Waals surface area (Å²) < 4.78 is 0. The normalized spacial score (nSPS) is 10.2. The average molecular weight is 319 g/mol. The number of carbonyl (C=O) groups excluding carboxylic acids is 1. The summed E-state index contributed by atoms with van der Waals surface area (Å²) in [5.41, 5.74) is 9.73. The van der Waals surface area contributed by atoms with Gasteiger partial charge in [0.1, 0.15) is 0 Å². The Balaban J connectivity index is 1.81. The Bertz CT molecular complexity index is 861. The molecule has 4 N–H and O–H groups in total. The van der Waals surface area contributed by atoms with Gasteiger partial charge in [-0.05, 0) is 36.4 Å². The largest absolute Gasteiger partial charge is 0.399 e. The first-order valence-corrected chi connectivity index (χ1v) is 7.44. The summed E-state index contributed by atoms with van der Waals surface area (Å²) in [7, 11) is 0. The highest BCUT2D eigenvalue weighted by atomic mass is 16.1. The highest BCUT2D eigenvalue weighted by Crippen LogP contribution is 2.22. The highest BCUT2D eigenvalue weighted by molar-refractivity contribution is 5.88. The number of nitrogens with zero attached hydrogens (tertiary/aromatic N) is 2. The van der Waals surface area contributed by atoms with Crippen molar-refractivity contribution in [2.24, 2.45) is 0 Å². The van der Waals surface area contributed by atoms with Gasteiger partial charge in [0.25, 0.3) is 0 Å². The molecule has 6 nitrogen and oxygen atoms in total. The lowest BCUT2D eigenvalue weighted by Gasteiger charge is -2.08. The van der Waals surface area contributed by atoms with E-state index in [4.69, 9.17) is 5.73 Å². The molecule has 0 aliphatic carbocycles. The van der Waals surface area contributed by atoms with Crippen molar-refractivity contribution < 1.29 is 4.79 Å². The number of carbonyl (C=O) groups is 1. The zero-order chi connectivity index (χ0) is 16.9. The van der Waals surface area contributed by atoms with E-state index in [0.29, 0.717) is 11.6 Å². The zero-order valence-corrected chi connectivity index (χ0v) is 13.2. The molecule has 0 saturated carbocycles. The van der Waals surface area contributed by atoms with Gasteiger partial charge in [0.05, 0.1) is 5.69 Å². The van der Waals surface area contributed by atoms with Gasteiger partial charge in [0.15, 0.2) is 0 Å². The summed E-state index contributed by atoms with van der Waals surface area (Å²) in [6.07, 6.45) is 1.69. The molecule has 1 amide bonds. The molecular formula is C18H17N5O. The minimum atomic E-state index is -0.0987. The Morgan fingerprint density at radius 2 is 1.83 bits per heavy atom. The molecule has 0 fully saturated rings. The van der Waals surface area contributed by atoms with E-state index in [1.165, 1.54) is 6.92 Å². The fourth-order valence-electron chi connectivity index (χ4n) is 2.25. The minimum absolute atomic E-state index is 0.0987. The van der Waals surface area contributed by atoms with Gasteiger partial charge in [-0.2, -0.15) is 0 Å². The van der Waals surface area contributed by atoms with Crippen molar-refractivity contribution in [2.45, 2.75) is 6.92 Å². The van der Waals surface area contributed by atoms with Crippen molar-refractivity contribution in [2.75, 3.05) is 16.4 Å². The molecule has 0 aliphatic heterocycles. The molecule has 0 bridgehead atoms. The summed E-state index contributed by atoms with van der Waals surface area (Å²) in [6, 6.07) is 16.7. The summed E-state index contributed by atoms with van der Waals surface area (Å²) in [4.78, 5) is 19.8. The van der Waals surface area contributed by atoms with Crippen LogP contribution in [0.4, 0.5) is 23.0 Å². The van der Waals surface area contributed by atoms with Crippen LogP contribution in [0.2, 0.25) is 0 Å². The summed E-state index contributed by atoms with van der Waals surface area (Å²) in [5, 5.41) is 5.87. The zero-order valence-electron chi connectivity index (χ0n) is 13.2. The lowest BCUT2D eigenvalue weighted by Crippen LogP contribution is -2.05. The van der Waals surface area contributed by atoms with E-state index in [1.54, 1.807) is 6.20 Å². The van der Waals surface area contributed by atoms with Crippen LogP contribution < -0.4 is 16.4 Å². The maximum Gasteiger partial charge on any atom is 0.227 e. The van der Waals surface area contributed by atoms with Gasteiger partial charge in [-0.25, -0.2) is 9.97 Å². The topological polar surface area (TPSA) is 92.9 Å². The third-order valence-electron chi connectivity index (χ3n) is 3.30. The van der Waals surface area contributed by atoms with Crippen molar-refractivity contribution in [3.05, 3.63) is 60.8 Å². The predicted molar refractivity (Wildman–Crippen MR) is 95.9 cm³/mol. The Morgan fingerprint density at radius 1 is 1.04 bits per heavy atom. The minimum Gasteiger partial charge on any atom is -0.399 e. The molecular weight excluding hydrogens is 302 g/mol. The van der Waals surface area contributed by atoms with Crippen LogP contribution in [0.1, 0.15) is 6.92 Å². The van der Waals surface area contributed by atoms with Crippen molar-refractivity contribution in [3.63, 3.8) is 0 Å². The summed E-state index contributed by atoms with van der Waals surface area (Å²) in [6.45, 7) is 1.48. The van der Waals surface area contributed by atoms with Crippen molar-refractivity contribution >= 4 is 28.9 Å². The van der Waals surface area contributed by atoms with E-state index >= 15 is 0 Å². The number of aromatic nitrogens is 2. The average Bonchev–Trinajstić information content (AvgIpc) is 2.55. The predicted octanol–water partition coefficient (Wildman–Crippen LogP) is 3.43. The van der Waals surface area contributed by atoms with Crippen LogP contribution in [-0.2, 0) is 4.79 Å². The van der Waals surface area contributed by atoms with Crippen LogP contribution in [0.25, 0.3) is 11.3 Å². The molecule has 2 aromatic carbocycles. The Kier molecular flexibility index (Phi) is 4.38. The summed E-state index contributed by atoms with van der Waals surface area (Å²) in [5.74, 6) is 0.391. The van der Waals surface area contributed by atoms with Crippen LogP contribution >= 0.6 is 0 Å². The molecule has 0 unspecified atom stereocenters. The highest BCUT2D eigenvalue weighted by Gasteiger charge is 2.04. The smallest absolute Gasteiger partial charge is 0.227 e. The maximum absolute atomic E-state index is 11.1. The molecule has 3 rings (SSSR count). The Hall–Kier alpha value is -3.41. The third kappa shape index (κ3) is 3.86. The molecule has 24 heavy (non-hydrogen) atoms. The number of anilines is 4. The molecule has 6 heteroatoms. The number of amides is 1. The number of hydrogen-bond donors (Lipinski definition) is 3. The number of nitrogens with two attached hydrogens (primary N) is 1. The van der Waals surface area contributed by atoms with Crippen molar-refractivity contribution in [1.29, 1.82) is 0 Å².